The highest BCUT2D eigenvalue weighted by atomic mass is 35.5. The standard InChI is InChI=1S/C24H36ClN7O.C17H21Cl2N5O.C10H7Cl3N4O.C7H8ClNO.C7H16N2.C7H15N.C3Cl3N3/c1-31-14-12-19(13-15-31)32(2)24-29-22(26-17-8-6-4-5-7-9-17)28-23(30-24)27-18-10-11-21(33-3)20(25)16-18;1-25-14-9-8-12(10-13(14)18)21-17-23-15(19)22-16(24-17)20-11-6-4-2-3-5-7-11;1-18-7-3-2-5(4-6(7)11)14-10-16-8(12)15-9(13)17-10;1-10-7-3-2-5(9)4-6(7)8;1-8-7-3-5-9(2)6-4-7;8-7-5-3-1-2-4-6-7;4-1-7-2(5)9-3(6)8-1/h10-11,16-17,19H,4-9,12-15H2,1-3H3,(H2,26,27,28,29,30);8-11H,2-7H2,1H3,(H2,20,21,22,23,24);2-4H,1H3,(H,14,15,16,17);2-4H,9H2,1H3;7-8H,3-6H2,1-2H3;7H,1-6,8H2;. The summed E-state index contributed by atoms with van der Waals surface area (Å²) in [6, 6.07) is 23.7. The van der Waals surface area contributed by atoms with Crippen LogP contribution < -0.4 is 67.2 Å². The van der Waals surface area contributed by atoms with Crippen LogP contribution in [0, 0.1) is 0 Å². The Labute approximate surface area is 707 Å². The summed E-state index contributed by atoms with van der Waals surface area (Å²) in [4.78, 5) is 55.8. The second-order valence-electron chi connectivity index (χ2n) is 27.1. The van der Waals surface area contributed by atoms with Crippen LogP contribution in [0.3, 0.4) is 0 Å². The average molecular weight is 1750 g/mol. The summed E-state index contributed by atoms with van der Waals surface area (Å²) in [7, 11) is 14.8. The molecule has 6 heterocycles. The number of piperidine rings is 2. The zero-order chi connectivity index (χ0) is 80.9. The minimum absolute atomic E-state index is 0.000000000000000444. The van der Waals surface area contributed by atoms with Crippen molar-refractivity contribution >= 4 is 174 Å². The van der Waals surface area contributed by atoms with E-state index in [0.29, 0.717) is 108 Å². The fourth-order valence-corrected chi connectivity index (χ4v) is 14.6. The van der Waals surface area contributed by atoms with Gasteiger partial charge in [0.05, 0.1) is 48.5 Å². The molecule has 0 bridgehead atoms. The Morgan fingerprint density at radius 2 is 0.670 bits per heavy atom. The molecule has 27 nitrogen and oxygen atoms in total. The van der Waals surface area contributed by atoms with Gasteiger partial charge in [0.15, 0.2) is 0 Å². The van der Waals surface area contributed by atoms with Crippen LogP contribution >= 0.6 is 116 Å². The van der Waals surface area contributed by atoms with Gasteiger partial charge in [-0.15, -0.1) is 0 Å². The van der Waals surface area contributed by atoms with Crippen molar-refractivity contribution in [3.8, 4) is 23.0 Å². The molecule has 0 unspecified atom stereocenters. The van der Waals surface area contributed by atoms with Gasteiger partial charge < -0.3 is 77.0 Å². The van der Waals surface area contributed by atoms with Crippen LogP contribution in [0.2, 0.25) is 51.8 Å². The first-order chi connectivity index (χ1) is 53.9. The lowest BCUT2D eigenvalue weighted by atomic mass is 10.0. The van der Waals surface area contributed by atoms with Gasteiger partial charge in [0, 0.05) is 60.0 Å². The van der Waals surface area contributed by atoms with Crippen molar-refractivity contribution in [1.29, 1.82) is 0 Å². The molecule has 10 N–H and O–H groups in total. The van der Waals surface area contributed by atoms with E-state index in [1.54, 1.807) is 77.0 Å². The number of likely N-dealkylation sites (tertiary alicyclic amines) is 2. The Bertz CT molecular complexity index is 4030. The van der Waals surface area contributed by atoms with Crippen molar-refractivity contribution in [2.75, 3.05) is 120 Å². The molecule has 3 saturated carbocycles. The minimum atomic E-state index is 0.000000000000000444. The molecule has 0 spiro atoms. The summed E-state index contributed by atoms with van der Waals surface area (Å²) >= 11 is 57.5. The SMILES string of the molecule is CNC1CCN(C)CC1.COc1ccc(N)cc1Cl.COc1ccc(Nc2nc(Cl)nc(Cl)n2)cc1Cl.COc1ccc(Nc2nc(Cl)nc(NC3CCCCCC3)n2)cc1Cl.COc1ccc(Nc2nc(NC3CCCCCC3)nc(N(C)C3CCN(C)CC3)n2)cc1Cl.Clc1nc(Cl)nc(Cl)n1.NC1CCCCCC1. The molecule has 5 aliphatic rings. The molecule has 612 valence electrons. The summed E-state index contributed by atoms with van der Waals surface area (Å²) < 4.78 is 20.4. The first-order valence-corrected chi connectivity index (χ1v) is 41.1. The van der Waals surface area contributed by atoms with Crippen molar-refractivity contribution in [1.82, 2.24) is 74.9 Å². The minimum Gasteiger partial charge on any atom is -0.495 e. The monoisotopic (exact) mass is 1740 g/mol. The number of nitrogens with two attached hydrogens (primary N) is 2. The van der Waals surface area contributed by atoms with E-state index < -0.39 is 0 Å². The summed E-state index contributed by atoms with van der Waals surface area (Å²) in [5.41, 5.74) is 14.1. The number of anilines is 10. The van der Waals surface area contributed by atoms with Crippen LogP contribution in [-0.2, 0) is 0 Å². The van der Waals surface area contributed by atoms with Crippen LogP contribution in [0.1, 0.15) is 141 Å². The molecule has 8 aromatic rings. The van der Waals surface area contributed by atoms with E-state index in [-0.39, 0.29) is 37.6 Å². The molecule has 5 fully saturated rings. The second kappa shape index (κ2) is 50.1. The van der Waals surface area contributed by atoms with Crippen molar-refractivity contribution in [2.45, 2.75) is 171 Å². The van der Waals surface area contributed by atoms with E-state index in [2.05, 4.69) is 120 Å². The van der Waals surface area contributed by atoms with E-state index in [1.807, 2.05) is 24.3 Å². The van der Waals surface area contributed by atoms with Crippen LogP contribution in [0.25, 0.3) is 0 Å². The predicted molar refractivity (Wildman–Crippen MR) is 460 cm³/mol. The molecule has 112 heavy (non-hydrogen) atoms. The number of methoxy groups -OCH3 is 4. The quantitative estimate of drug-likeness (QED) is 0.0310. The lowest BCUT2D eigenvalue weighted by Gasteiger charge is -2.35. The molecule has 0 amide bonds. The average Bonchev–Trinajstić information content (AvgIpc) is 0.909. The van der Waals surface area contributed by atoms with Crippen molar-refractivity contribution in [3.63, 3.8) is 0 Å². The maximum Gasteiger partial charge on any atom is 0.233 e. The maximum absolute atomic E-state index is 6.32. The number of benzene rings is 4. The van der Waals surface area contributed by atoms with Gasteiger partial charge in [0.25, 0.3) is 0 Å². The Hall–Kier alpha value is -6.54. The second-order valence-corrected chi connectivity index (χ2v) is 30.8. The molecule has 4 aromatic heterocycles. The number of hydrogen-bond acceptors (Lipinski definition) is 27. The lowest BCUT2D eigenvalue weighted by Crippen LogP contribution is -2.42. The highest BCUT2D eigenvalue weighted by molar-refractivity contribution is 6.34. The summed E-state index contributed by atoms with van der Waals surface area (Å²) in [5, 5.41) is 21.8. The van der Waals surface area contributed by atoms with E-state index in [1.165, 1.54) is 116 Å². The smallest absolute Gasteiger partial charge is 0.233 e. The van der Waals surface area contributed by atoms with Crippen LogP contribution in [-0.4, -0.2) is 183 Å². The Balaban J connectivity index is 0.000000194. The van der Waals surface area contributed by atoms with Gasteiger partial charge in [-0.25, -0.2) is 0 Å². The van der Waals surface area contributed by atoms with Crippen molar-refractivity contribution < 1.29 is 18.9 Å². The van der Waals surface area contributed by atoms with Crippen LogP contribution in [0.5, 0.6) is 23.0 Å². The van der Waals surface area contributed by atoms with Crippen LogP contribution in [0.4, 0.5) is 58.4 Å². The van der Waals surface area contributed by atoms with Crippen molar-refractivity contribution in [3.05, 3.63) is 125 Å². The summed E-state index contributed by atoms with van der Waals surface area (Å²) in [6.45, 7) is 4.68. The third kappa shape index (κ3) is 34.1. The van der Waals surface area contributed by atoms with E-state index in [9.17, 15) is 0 Å². The number of nitrogen functional groups attached to an aromatic ring is 1. The molecule has 13 rings (SSSR count). The molecule has 2 aliphatic heterocycles. The molecular formula is C75H103Cl10N23O4. The van der Waals surface area contributed by atoms with E-state index in [0.717, 1.165) is 69.0 Å². The van der Waals surface area contributed by atoms with Gasteiger partial charge in [-0.05, 0) is 254 Å². The molecular weight excluding hydrogens is 1640 g/mol. The zero-order valence-corrected chi connectivity index (χ0v) is 72.0. The zero-order valence-electron chi connectivity index (χ0n) is 64.5. The molecule has 0 atom stereocenters. The Kier molecular flexibility index (Phi) is 41.4. The normalized spacial score (nSPS) is 16.0. The Morgan fingerprint density at radius 3 is 1.04 bits per heavy atom. The highest BCUT2D eigenvalue weighted by Crippen LogP contribution is 2.34. The molecule has 3 aliphatic carbocycles. The van der Waals surface area contributed by atoms with E-state index in [4.69, 9.17) is 161 Å². The number of hydrogen-bond donors (Lipinski definition) is 8. The lowest BCUT2D eigenvalue weighted by molar-refractivity contribution is 0.240. The number of nitrogens with one attached hydrogen (secondary N) is 6. The molecule has 0 radical (unpaired) electrons. The fraction of sp³-hybridized carbons (Fsp3) is 0.520. The summed E-state index contributed by atoms with van der Waals surface area (Å²) in [6.07, 6.45) is 27.6. The van der Waals surface area contributed by atoms with Gasteiger partial charge in [-0.1, -0.05) is 123 Å². The predicted octanol–water partition coefficient (Wildman–Crippen LogP) is 19.3. The first kappa shape index (κ1) is 92.6. The number of halogens is 10. The number of nitrogens with zero attached hydrogens (tertiary/aromatic N) is 15. The third-order valence-corrected chi connectivity index (χ3v) is 20.9. The topological polar surface area (TPSA) is 326 Å². The highest BCUT2D eigenvalue weighted by Gasteiger charge is 2.25. The third-order valence-electron chi connectivity index (χ3n) is 18.7. The largest absolute Gasteiger partial charge is 0.495 e. The Morgan fingerprint density at radius 1 is 0.366 bits per heavy atom. The maximum atomic E-state index is 6.32. The van der Waals surface area contributed by atoms with Gasteiger partial charge in [-0.3, -0.25) is 0 Å². The number of rotatable bonds is 17. The summed E-state index contributed by atoms with van der Waals surface area (Å²) in [5.74, 6) is 5.41. The number of ether oxygens (including phenoxy) is 4. The molecule has 37 heteroatoms. The molecule has 2 saturated heterocycles. The van der Waals surface area contributed by atoms with Gasteiger partial charge in [-0.2, -0.15) is 59.8 Å². The van der Waals surface area contributed by atoms with Gasteiger partial charge >= 0.3 is 0 Å². The number of aromatic nitrogens is 12. The van der Waals surface area contributed by atoms with Gasteiger partial charge in [0.2, 0.25) is 67.4 Å². The molecule has 4 aromatic carbocycles. The van der Waals surface area contributed by atoms with Crippen LogP contribution in [0.15, 0.2) is 72.8 Å². The first-order valence-electron chi connectivity index (χ1n) is 37.3. The van der Waals surface area contributed by atoms with Crippen molar-refractivity contribution in [2.24, 2.45) is 5.73 Å². The van der Waals surface area contributed by atoms with E-state index >= 15 is 0 Å². The fourth-order valence-electron chi connectivity index (χ4n) is 12.5. The van der Waals surface area contributed by atoms with Gasteiger partial charge in [0.1, 0.15) is 23.0 Å².